The topological polar surface area (TPSA) is 78.4 Å². The van der Waals surface area contributed by atoms with Gasteiger partial charge in [-0.3, -0.25) is 4.79 Å². The lowest BCUT2D eigenvalue weighted by Gasteiger charge is -2.15. The molecule has 1 aromatic rings. The van der Waals surface area contributed by atoms with Crippen LogP contribution in [0.25, 0.3) is 0 Å². The third-order valence-corrected chi connectivity index (χ3v) is 3.91. The Morgan fingerprint density at radius 2 is 2.14 bits per heavy atom. The molecule has 2 atom stereocenters. The van der Waals surface area contributed by atoms with Gasteiger partial charge in [-0.15, -0.1) is 0 Å². The summed E-state index contributed by atoms with van der Waals surface area (Å²) in [5, 5.41) is 14.5. The van der Waals surface area contributed by atoms with Crippen molar-refractivity contribution in [2.24, 2.45) is 5.92 Å². The lowest BCUT2D eigenvalue weighted by atomic mass is 10.1. The van der Waals surface area contributed by atoms with Crippen LogP contribution in [0, 0.1) is 5.92 Å². The van der Waals surface area contributed by atoms with E-state index >= 15 is 0 Å². The minimum Gasteiger partial charge on any atom is -0.481 e. The maximum atomic E-state index is 12.0. The second kappa shape index (κ2) is 6.76. The summed E-state index contributed by atoms with van der Waals surface area (Å²) >= 11 is 3.40. The molecule has 0 spiro atoms. The van der Waals surface area contributed by atoms with Crippen molar-refractivity contribution in [3.05, 3.63) is 40.4 Å². The van der Waals surface area contributed by atoms with Crippen LogP contribution in [0.5, 0.6) is 0 Å². The normalized spacial score (nSPS) is 20.3. The fraction of sp³-hybridized carbons (Fsp3) is 0.333. The van der Waals surface area contributed by atoms with Crippen LogP contribution in [-0.4, -0.2) is 23.1 Å². The number of nitrogens with one attached hydrogen (secondary N) is 2. The Kier molecular flexibility index (Phi) is 5.01. The molecule has 3 N–H and O–H groups in total. The van der Waals surface area contributed by atoms with Gasteiger partial charge in [0.15, 0.2) is 0 Å². The number of benzene rings is 1. The molecule has 5 nitrogen and oxygen atoms in total. The second-order valence-corrected chi connectivity index (χ2v) is 5.84. The highest BCUT2D eigenvalue weighted by Gasteiger charge is 2.25. The van der Waals surface area contributed by atoms with E-state index in [0.29, 0.717) is 6.42 Å². The molecule has 2 rings (SSSR count). The zero-order valence-electron chi connectivity index (χ0n) is 11.6. The van der Waals surface area contributed by atoms with Gasteiger partial charge in [0.1, 0.15) is 0 Å². The third-order valence-electron chi connectivity index (χ3n) is 3.41. The van der Waals surface area contributed by atoms with Gasteiger partial charge < -0.3 is 15.7 Å². The first-order valence-electron chi connectivity index (χ1n) is 6.76. The number of carbonyl (C=O) groups is 2. The first-order valence-corrected chi connectivity index (χ1v) is 7.56. The van der Waals surface area contributed by atoms with Gasteiger partial charge in [-0.1, -0.05) is 35.0 Å². The van der Waals surface area contributed by atoms with E-state index in [1.807, 2.05) is 25.1 Å². The van der Waals surface area contributed by atoms with Gasteiger partial charge in [-0.2, -0.15) is 0 Å². The molecule has 112 valence electrons. The van der Waals surface area contributed by atoms with Crippen LogP contribution in [0.2, 0.25) is 0 Å². The Labute approximate surface area is 131 Å². The number of aryl methyl sites for hydroxylation is 1. The number of rotatable bonds is 4. The molecule has 21 heavy (non-hydrogen) atoms. The molecule has 0 heterocycles. The van der Waals surface area contributed by atoms with Gasteiger partial charge in [0, 0.05) is 10.2 Å². The van der Waals surface area contributed by atoms with Crippen molar-refractivity contribution >= 4 is 33.6 Å². The number of carboxylic acid groups (broad SMARTS) is 1. The quantitative estimate of drug-likeness (QED) is 0.728. The Morgan fingerprint density at radius 1 is 1.38 bits per heavy atom. The fourth-order valence-electron chi connectivity index (χ4n) is 2.29. The zero-order chi connectivity index (χ0) is 15.4. The smallest absolute Gasteiger partial charge is 0.319 e. The molecule has 0 saturated carbocycles. The predicted octanol–water partition coefficient (Wildman–Crippen LogP) is 3.16. The number of halogens is 1. The summed E-state index contributed by atoms with van der Waals surface area (Å²) in [4.78, 5) is 22.8. The van der Waals surface area contributed by atoms with Gasteiger partial charge in [0.25, 0.3) is 0 Å². The standard InChI is InChI=1S/C15H17BrN2O3/c1-2-9-7-11(16)4-6-13(9)18-15(21)17-12-5-3-10(8-12)14(19)20/h3-7,10,12H,2,8H2,1H3,(H,19,20)(H2,17,18,21). The summed E-state index contributed by atoms with van der Waals surface area (Å²) in [5.74, 6) is -1.38. The van der Waals surface area contributed by atoms with Gasteiger partial charge in [0.05, 0.1) is 12.0 Å². The molecule has 0 saturated heterocycles. The van der Waals surface area contributed by atoms with Gasteiger partial charge in [-0.05, 0) is 36.6 Å². The summed E-state index contributed by atoms with van der Waals surface area (Å²) < 4.78 is 0.966. The maximum Gasteiger partial charge on any atom is 0.319 e. The second-order valence-electron chi connectivity index (χ2n) is 4.93. The number of urea groups is 1. The highest BCUT2D eigenvalue weighted by molar-refractivity contribution is 9.10. The number of aliphatic carboxylic acids is 1. The summed E-state index contributed by atoms with van der Waals surface area (Å²) in [7, 11) is 0. The molecule has 0 fully saturated rings. The highest BCUT2D eigenvalue weighted by atomic mass is 79.9. The van der Waals surface area contributed by atoms with Crippen LogP contribution in [0.4, 0.5) is 10.5 Å². The van der Waals surface area contributed by atoms with E-state index in [4.69, 9.17) is 5.11 Å². The van der Waals surface area contributed by atoms with E-state index < -0.39 is 11.9 Å². The summed E-state index contributed by atoms with van der Waals surface area (Å²) in [6.07, 6.45) is 4.54. The van der Waals surface area contributed by atoms with Gasteiger partial charge in [0.2, 0.25) is 0 Å². The first kappa shape index (κ1) is 15.6. The predicted molar refractivity (Wildman–Crippen MR) is 84.3 cm³/mol. The Morgan fingerprint density at radius 3 is 2.76 bits per heavy atom. The molecular formula is C15H17BrN2O3. The Hall–Kier alpha value is -1.82. The van der Waals surface area contributed by atoms with Crippen LogP contribution in [-0.2, 0) is 11.2 Å². The maximum absolute atomic E-state index is 12.0. The number of carboxylic acids is 1. The zero-order valence-corrected chi connectivity index (χ0v) is 13.2. The van der Waals surface area contributed by atoms with E-state index in [9.17, 15) is 9.59 Å². The van der Waals surface area contributed by atoms with Crippen molar-refractivity contribution in [3.8, 4) is 0 Å². The highest BCUT2D eigenvalue weighted by Crippen LogP contribution is 2.22. The molecule has 1 aromatic carbocycles. The first-order chi connectivity index (χ1) is 9.99. The molecule has 0 aromatic heterocycles. The molecule has 0 radical (unpaired) electrons. The summed E-state index contributed by atoms with van der Waals surface area (Å²) in [6, 6.07) is 5.10. The molecule has 6 heteroatoms. The largest absolute Gasteiger partial charge is 0.481 e. The SMILES string of the molecule is CCc1cc(Br)ccc1NC(=O)NC1C=CC(C(=O)O)C1. The van der Waals surface area contributed by atoms with E-state index in [-0.39, 0.29) is 12.1 Å². The van der Waals surface area contributed by atoms with E-state index in [1.165, 1.54) is 0 Å². The summed E-state index contributed by atoms with van der Waals surface area (Å²) in [6.45, 7) is 2.02. The molecule has 0 bridgehead atoms. The molecule has 1 aliphatic carbocycles. The molecule has 2 amide bonds. The number of hydrogen-bond donors (Lipinski definition) is 3. The monoisotopic (exact) mass is 352 g/mol. The van der Waals surface area contributed by atoms with Crippen molar-refractivity contribution in [1.29, 1.82) is 0 Å². The Bertz CT molecular complexity index is 586. The van der Waals surface area contributed by atoms with Crippen LogP contribution < -0.4 is 10.6 Å². The van der Waals surface area contributed by atoms with Crippen LogP contribution in [0.15, 0.2) is 34.8 Å². The van der Waals surface area contributed by atoms with Crippen molar-refractivity contribution in [2.75, 3.05) is 5.32 Å². The molecular weight excluding hydrogens is 336 g/mol. The summed E-state index contributed by atoms with van der Waals surface area (Å²) in [5.41, 5.74) is 1.79. The van der Waals surface area contributed by atoms with E-state index in [1.54, 1.807) is 12.2 Å². The lowest BCUT2D eigenvalue weighted by molar-refractivity contribution is -0.140. The average Bonchev–Trinajstić information content (AvgIpc) is 2.89. The van der Waals surface area contributed by atoms with Crippen LogP contribution >= 0.6 is 15.9 Å². The van der Waals surface area contributed by atoms with Gasteiger partial charge >= 0.3 is 12.0 Å². The number of anilines is 1. The Balaban J connectivity index is 1.94. The molecule has 0 aliphatic heterocycles. The van der Waals surface area contributed by atoms with Crippen molar-refractivity contribution in [3.63, 3.8) is 0 Å². The minimum atomic E-state index is -0.864. The molecule has 2 unspecified atom stereocenters. The number of carbonyl (C=O) groups excluding carboxylic acids is 1. The van der Waals surface area contributed by atoms with Crippen molar-refractivity contribution in [1.82, 2.24) is 5.32 Å². The van der Waals surface area contributed by atoms with Gasteiger partial charge in [-0.25, -0.2) is 4.79 Å². The van der Waals surface area contributed by atoms with E-state index in [2.05, 4.69) is 26.6 Å². The van der Waals surface area contributed by atoms with Crippen LogP contribution in [0.1, 0.15) is 18.9 Å². The van der Waals surface area contributed by atoms with Crippen LogP contribution in [0.3, 0.4) is 0 Å². The third kappa shape index (κ3) is 4.07. The fourth-order valence-corrected chi connectivity index (χ4v) is 2.70. The number of amides is 2. The average molecular weight is 353 g/mol. The minimum absolute atomic E-state index is 0.244. The van der Waals surface area contributed by atoms with Crippen molar-refractivity contribution < 1.29 is 14.7 Å². The van der Waals surface area contributed by atoms with E-state index in [0.717, 1.165) is 22.1 Å². The number of hydrogen-bond acceptors (Lipinski definition) is 2. The lowest BCUT2D eigenvalue weighted by Crippen LogP contribution is -2.36. The molecule has 1 aliphatic rings. The van der Waals surface area contributed by atoms with Crippen molar-refractivity contribution in [2.45, 2.75) is 25.8 Å².